The number of nitrogens with one attached hydrogen (secondary N) is 1. The summed E-state index contributed by atoms with van der Waals surface area (Å²) < 4.78 is 28.0. The summed E-state index contributed by atoms with van der Waals surface area (Å²) in [6.07, 6.45) is -0.0813. The minimum absolute atomic E-state index is 0.0813. The molecular weight excluding hydrogens is 394 g/mol. The Hall–Kier alpha value is -2.62. The number of halogens is 1. The second-order valence-corrected chi connectivity index (χ2v) is 7.83. The molecule has 10 heteroatoms. The quantitative estimate of drug-likeness (QED) is 0.726. The van der Waals surface area contributed by atoms with Gasteiger partial charge in [-0.05, 0) is 36.4 Å². The van der Waals surface area contributed by atoms with Gasteiger partial charge in [0.2, 0.25) is 15.9 Å². The third-order valence-electron chi connectivity index (χ3n) is 4.04. The number of rotatable bonds is 5. The van der Waals surface area contributed by atoms with Crippen molar-refractivity contribution in [1.29, 1.82) is 0 Å². The number of carbonyl (C=O) groups excluding carboxylic acids is 2. The maximum atomic E-state index is 12.7. The lowest BCUT2D eigenvalue weighted by atomic mass is 10.2. The molecule has 0 spiro atoms. The Morgan fingerprint density at radius 3 is 2.59 bits per heavy atom. The number of anilines is 2. The molecule has 1 fully saturated rings. The van der Waals surface area contributed by atoms with Crippen molar-refractivity contribution in [2.24, 2.45) is 5.14 Å². The molecule has 3 rings (SSSR count). The molecule has 0 bridgehead atoms. The Balaban J connectivity index is 1.83. The van der Waals surface area contributed by atoms with E-state index in [2.05, 4.69) is 5.32 Å². The van der Waals surface area contributed by atoms with Gasteiger partial charge in [-0.2, -0.15) is 0 Å². The van der Waals surface area contributed by atoms with Crippen molar-refractivity contribution >= 4 is 44.8 Å². The van der Waals surface area contributed by atoms with Crippen molar-refractivity contribution in [2.75, 3.05) is 17.3 Å². The molecule has 1 aliphatic rings. The minimum atomic E-state index is -3.88. The van der Waals surface area contributed by atoms with E-state index < -0.39 is 27.9 Å². The predicted molar refractivity (Wildman–Crippen MR) is 100 cm³/mol. The van der Waals surface area contributed by atoms with E-state index in [1.54, 1.807) is 18.2 Å². The highest BCUT2D eigenvalue weighted by Crippen LogP contribution is 2.32. The van der Waals surface area contributed by atoms with Crippen LogP contribution in [0.3, 0.4) is 0 Å². The zero-order chi connectivity index (χ0) is 19.8. The Labute approximate surface area is 160 Å². The van der Waals surface area contributed by atoms with E-state index >= 15 is 0 Å². The highest BCUT2D eigenvalue weighted by Gasteiger charge is 2.39. The summed E-state index contributed by atoms with van der Waals surface area (Å²) in [4.78, 5) is 26.0. The first-order chi connectivity index (χ1) is 12.7. The molecule has 142 valence electrons. The van der Waals surface area contributed by atoms with Gasteiger partial charge < -0.3 is 10.1 Å². The summed E-state index contributed by atoms with van der Waals surface area (Å²) in [5.41, 5.74) is 0.695. The molecule has 1 atom stereocenters. The van der Waals surface area contributed by atoms with E-state index in [1.807, 2.05) is 0 Å². The molecule has 0 aromatic heterocycles. The van der Waals surface area contributed by atoms with Gasteiger partial charge in [0.25, 0.3) is 5.91 Å². The largest absolute Gasteiger partial charge is 0.495 e. The number of sulfonamides is 1. The number of ether oxygens (including phenoxy) is 1. The maximum absolute atomic E-state index is 12.7. The Kier molecular flexibility index (Phi) is 5.09. The molecule has 1 aliphatic heterocycles. The lowest BCUT2D eigenvalue weighted by molar-refractivity contribution is -0.121. The topological polar surface area (TPSA) is 119 Å². The summed E-state index contributed by atoms with van der Waals surface area (Å²) in [6, 6.07) is 9.48. The van der Waals surface area contributed by atoms with Crippen LogP contribution in [0.15, 0.2) is 47.4 Å². The van der Waals surface area contributed by atoms with Gasteiger partial charge in [-0.3, -0.25) is 9.59 Å². The van der Waals surface area contributed by atoms with E-state index in [-0.39, 0.29) is 16.3 Å². The number of primary sulfonamides is 1. The van der Waals surface area contributed by atoms with Crippen LogP contribution in [0.2, 0.25) is 5.02 Å². The zero-order valence-electron chi connectivity index (χ0n) is 14.2. The Morgan fingerprint density at radius 1 is 1.22 bits per heavy atom. The lowest BCUT2D eigenvalue weighted by Gasteiger charge is -2.17. The number of benzene rings is 2. The van der Waals surface area contributed by atoms with Gasteiger partial charge in [0.15, 0.2) is 0 Å². The average Bonchev–Trinajstić information content (AvgIpc) is 2.88. The predicted octanol–water partition coefficient (Wildman–Crippen LogP) is 1.74. The van der Waals surface area contributed by atoms with Crippen LogP contribution in [0.4, 0.5) is 11.4 Å². The van der Waals surface area contributed by atoms with Crippen molar-refractivity contribution in [3.63, 3.8) is 0 Å². The van der Waals surface area contributed by atoms with Crippen molar-refractivity contribution in [3.05, 3.63) is 47.5 Å². The minimum Gasteiger partial charge on any atom is -0.495 e. The second-order valence-electron chi connectivity index (χ2n) is 5.86. The van der Waals surface area contributed by atoms with Crippen LogP contribution in [0, 0.1) is 0 Å². The second kappa shape index (κ2) is 7.18. The molecule has 3 N–H and O–H groups in total. The van der Waals surface area contributed by atoms with Crippen LogP contribution in [0.1, 0.15) is 6.42 Å². The van der Waals surface area contributed by atoms with Gasteiger partial charge in [-0.1, -0.05) is 17.7 Å². The Morgan fingerprint density at radius 2 is 1.96 bits per heavy atom. The van der Waals surface area contributed by atoms with E-state index in [4.69, 9.17) is 21.5 Å². The summed E-state index contributed by atoms with van der Waals surface area (Å²) in [7, 11) is -2.42. The van der Waals surface area contributed by atoms with Gasteiger partial charge in [0, 0.05) is 5.69 Å². The molecule has 1 saturated heterocycles. The van der Waals surface area contributed by atoms with Gasteiger partial charge >= 0.3 is 0 Å². The first kappa shape index (κ1) is 19.2. The van der Waals surface area contributed by atoms with Gasteiger partial charge in [0.1, 0.15) is 11.8 Å². The van der Waals surface area contributed by atoms with Crippen molar-refractivity contribution < 1.29 is 22.7 Å². The molecule has 0 radical (unpaired) electrons. The third-order valence-corrected chi connectivity index (χ3v) is 5.25. The van der Waals surface area contributed by atoms with Gasteiger partial charge in [0.05, 0.1) is 29.1 Å². The molecule has 2 aromatic rings. The average molecular weight is 410 g/mol. The third kappa shape index (κ3) is 3.90. The smallest absolute Gasteiger partial charge is 0.256 e. The van der Waals surface area contributed by atoms with Crippen molar-refractivity contribution in [2.45, 2.75) is 17.4 Å². The normalized spacial score (nSPS) is 17.3. The van der Waals surface area contributed by atoms with Crippen molar-refractivity contribution in [1.82, 2.24) is 0 Å². The van der Waals surface area contributed by atoms with Gasteiger partial charge in [-0.15, -0.1) is 0 Å². The number of nitrogens with two attached hydrogens (primary N) is 1. The van der Waals surface area contributed by atoms with Crippen LogP contribution < -0.4 is 20.1 Å². The van der Waals surface area contributed by atoms with Crippen LogP contribution in [0.25, 0.3) is 0 Å². The SMILES string of the molecule is COc1ccc(N2C(=O)C[C@H](Nc3cccc(S(N)(=O)=O)c3)C2=O)cc1Cl. The lowest BCUT2D eigenvalue weighted by Crippen LogP contribution is -2.34. The summed E-state index contributed by atoms with van der Waals surface area (Å²) in [6.45, 7) is 0. The summed E-state index contributed by atoms with van der Waals surface area (Å²) in [5, 5.41) is 8.26. The number of amides is 2. The monoisotopic (exact) mass is 409 g/mol. The molecule has 0 saturated carbocycles. The van der Waals surface area contributed by atoms with E-state index in [9.17, 15) is 18.0 Å². The molecule has 2 aromatic carbocycles. The highest BCUT2D eigenvalue weighted by molar-refractivity contribution is 7.89. The van der Waals surface area contributed by atoms with E-state index in [0.717, 1.165) is 4.90 Å². The van der Waals surface area contributed by atoms with Crippen molar-refractivity contribution in [3.8, 4) is 5.75 Å². The molecular formula is C17H16ClN3O5S. The highest BCUT2D eigenvalue weighted by atomic mass is 35.5. The van der Waals surface area contributed by atoms with Crippen LogP contribution in [-0.2, 0) is 19.6 Å². The van der Waals surface area contributed by atoms with Crippen LogP contribution in [0.5, 0.6) is 5.75 Å². The number of nitrogens with zero attached hydrogens (tertiary/aromatic N) is 1. The summed E-state index contributed by atoms with van der Waals surface area (Å²) in [5.74, 6) is -0.447. The van der Waals surface area contributed by atoms with E-state index in [0.29, 0.717) is 17.1 Å². The number of carbonyl (C=O) groups is 2. The fourth-order valence-corrected chi connectivity index (χ4v) is 3.59. The number of hydrogen-bond acceptors (Lipinski definition) is 6. The molecule has 2 amide bonds. The van der Waals surface area contributed by atoms with Gasteiger partial charge in [-0.25, -0.2) is 18.5 Å². The Bertz CT molecular complexity index is 1020. The fourth-order valence-electron chi connectivity index (χ4n) is 2.77. The first-order valence-corrected chi connectivity index (χ1v) is 9.73. The molecule has 0 aliphatic carbocycles. The van der Waals surface area contributed by atoms with Crippen LogP contribution in [-0.4, -0.2) is 33.4 Å². The number of imide groups is 1. The molecule has 1 heterocycles. The van der Waals surface area contributed by atoms with Crippen LogP contribution >= 0.6 is 11.6 Å². The molecule has 8 nitrogen and oxygen atoms in total. The zero-order valence-corrected chi connectivity index (χ0v) is 15.8. The molecule has 27 heavy (non-hydrogen) atoms. The fraction of sp³-hybridized carbons (Fsp3) is 0.176. The number of hydrogen-bond donors (Lipinski definition) is 2. The number of methoxy groups -OCH3 is 1. The van der Waals surface area contributed by atoms with E-state index in [1.165, 1.54) is 31.4 Å². The first-order valence-electron chi connectivity index (χ1n) is 7.80. The summed E-state index contributed by atoms with van der Waals surface area (Å²) >= 11 is 6.07. The standard InChI is InChI=1S/C17H16ClN3O5S/c1-26-15-6-5-11(8-13(15)18)21-16(22)9-14(17(21)23)20-10-3-2-4-12(7-10)27(19,24)25/h2-8,14,20H,9H2,1H3,(H2,19,24,25)/t14-/m0/s1. The molecule has 0 unspecified atom stereocenters. The maximum Gasteiger partial charge on any atom is 0.256 e.